The van der Waals surface area contributed by atoms with E-state index in [-0.39, 0.29) is 25.3 Å². The monoisotopic (exact) mass is 294 g/mol. The number of primary amides is 2. The SMILES string of the molecule is CCOC(=O)c1cc(N)ccc1N(CC(N)=O)CC(N)=O. The largest absolute Gasteiger partial charge is 0.462 e. The molecule has 2 amide bonds. The van der Waals surface area contributed by atoms with Gasteiger partial charge in [0.15, 0.2) is 0 Å². The molecule has 0 saturated heterocycles. The minimum Gasteiger partial charge on any atom is -0.462 e. The summed E-state index contributed by atoms with van der Waals surface area (Å²) in [6.07, 6.45) is 0. The van der Waals surface area contributed by atoms with Crippen molar-refractivity contribution >= 4 is 29.2 Å². The molecule has 0 fully saturated rings. The summed E-state index contributed by atoms with van der Waals surface area (Å²) in [5, 5.41) is 0. The average molecular weight is 294 g/mol. The highest BCUT2D eigenvalue weighted by Crippen LogP contribution is 2.24. The van der Waals surface area contributed by atoms with E-state index < -0.39 is 17.8 Å². The molecule has 0 saturated carbocycles. The van der Waals surface area contributed by atoms with Crippen molar-refractivity contribution in [3.63, 3.8) is 0 Å². The zero-order valence-electron chi connectivity index (χ0n) is 11.7. The Morgan fingerprint density at radius 2 is 1.71 bits per heavy atom. The molecule has 1 rings (SSSR count). The molecule has 8 nitrogen and oxygen atoms in total. The first-order valence-corrected chi connectivity index (χ1v) is 6.23. The number of anilines is 2. The van der Waals surface area contributed by atoms with E-state index in [2.05, 4.69) is 0 Å². The molecule has 1 aromatic carbocycles. The molecular weight excluding hydrogens is 276 g/mol. The normalized spacial score (nSPS) is 9.95. The van der Waals surface area contributed by atoms with Crippen molar-refractivity contribution in [1.29, 1.82) is 0 Å². The molecule has 0 heterocycles. The minimum absolute atomic E-state index is 0.138. The van der Waals surface area contributed by atoms with Gasteiger partial charge in [-0.05, 0) is 25.1 Å². The van der Waals surface area contributed by atoms with Gasteiger partial charge in [0.1, 0.15) is 0 Å². The van der Waals surface area contributed by atoms with E-state index in [0.717, 1.165) is 0 Å². The third-order valence-electron chi connectivity index (χ3n) is 2.55. The van der Waals surface area contributed by atoms with Crippen molar-refractivity contribution in [3.8, 4) is 0 Å². The lowest BCUT2D eigenvalue weighted by Gasteiger charge is -2.24. The van der Waals surface area contributed by atoms with Crippen molar-refractivity contribution in [1.82, 2.24) is 0 Å². The van der Waals surface area contributed by atoms with Crippen LogP contribution in [0, 0.1) is 0 Å². The summed E-state index contributed by atoms with van der Waals surface area (Å²) in [6, 6.07) is 4.45. The highest BCUT2D eigenvalue weighted by atomic mass is 16.5. The van der Waals surface area contributed by atoms with Gasteiger partial charge >= 0.3 is 5.97 Å². The second kappa shape index (κ2) is 7.13. The van der Waals surface area contributed by atoms with Crippen LogP contribution in [0.1, 0.15) is 17.3 Å². The topological polar surface area (TPSA) is 142 Å². The zero-order valence-corrected chi connectivity index (χ0v) is 11.7. The Morgan fingerprint density at radius 1 is 1.14 bits per heavy atom. The number of hydrogen-bond acceptors (Lipinski definition) is 6. The van der Waals surface area contributed by atoms with Crippen LogP contribution in [0.15, 0.2) is 18.2 Å². The van der Waals surface area contributed by atoms with Gasteiger partial charge in [-0.15, -0.1) is 0 Å². The summed E-state index contributed by atoms with van der Waals surface area (Å²) in [5.41, 5.74) is 16.7. The first-order chi connectivity index (χ1) is 9.85. The van der Waals surface area contributed by atoms with Gasteiger partial charge in [0.2, 0.25) is 11.8 Å². The summed E-state index contributed by atoms with van der Waals surface area (Å²) >= 11 is 0. The maximum absolute atomic E-state index is 12.0. The van der Waals surface area contributed by atoms with Crippen LogP contribution in [-0.2, 0) is 14.3 Å². The van der Waals surface area contributed by atoms with Crippen LogP contribution in [0.25, 0.3) is 0 Å². The number of hydrogen-bond donors (Lipinski definition) is 3. The van der Waals surface area contributed by atoms with Gasteiger partial charge in [0, 0.05) is 5.69 Å². The van der Waals surface area contributed by atoms with Crippen LogP contribution in [0.4, 0.5) is 11.4 Å². The van der Waals surface area contributed by atoms with E-state index in [0.29, 0.717) is 11.4 Å². The van der Waals surface area contributed by atoms with Crippen molar-refractivity contribution in [2.45, 2.75) is 6.92 Å². The molecule has 0 radical (unpaired) electrons. The van der Waals surface area contributed by atoms with E-state index in [1.54, 1.807) is 6.92 Å². The minimum atomic E-state index is -0.664. The summed E-state index contributed by atoms with van der Waals surface area (Å²) in [7, 11) is 0. The van der Waals surface area contributed by atoms with Crippen LogP contribution in [0.2, 0.25) is 0 Å². The molecule has 0 aliphatic heterocycles. The molecule has 0 aliphatic rings. The maximum atomic E-state index is 12.0. The number of nitrogen functional groups attached to an aromatic ring is 1. The quantitative estimate of drug-likeness (QED) is 0.445. The summed E-state index contributed by atoms with van der Waals surface area (Å²) in [6.45, 7) is 1.31. The summed E-state index contributed by atoms with van der Waals surface area (Å²) < 4.78 is 4.93. The standard InChI is InChI=1S/C13H18N4O4/c1-2-21-13(20)9-5-8(14)3-4-10(9)17(6-11(15)18)7-12(16)19/h3-5H,2,6-7,14H2,1H3,(H2,15,18)(H2,16,19). The molecule has 0 atom stereocenters. The Labute approximate surface area is 121 Å². The molecule has 0 spiro atoms. The molecule has 0 aromatic heterocycles. The van der Waals surface area contributed by atoms with Gasteiger partial charge in [-0.1, -0.05) is 0 Å². The summed E-state index contributed by atoms with van der Waals surface area (Å²) in [5.74, 6) is -1.94. The second-order valence-electron chi connectivity index (χ2n) is 4.29. The molecule has 0 bridgehead atoms. The van der Waals surface area contributed by atoms with Crippen LogP contribution in [0.3, 0.4) is 0 Å². The number of carbonyl (C=O) groups is 3. The first-order valence-electron chi connectivity index (χ1n) is 6.23. The van der Waals surface area contributed by atoms with Crippen molar-refractivity contribution in [3.05, 3.63) is 23.8 Å². The van der Waals surface area contributed by atoms with Crippen LogP contribution >= 0.6 is 0 Å². The number of ether oxygens (including phenoxy) is 1. The fourth-order valence-electron chi connectivity index (χ4n) is 1.80. The molecule has 6 N–H and O–H groups in total. The molecule has 1 aromatic rings. The maximum Gasteiger partial charge on any atom is 0.340 e. The lowest BCUT2D eigenvalue weighted by Crippen LogP contribution is -2.40. The first kappa shape index (κ1) is 16.3. The van der Waals surface area contributed by atoms with Crippen LogP contribution in [0.5, 0.6) is 0 Å². The number of nitrogens with zero attached hydrogens (tertiary/aromatic N) is 1. The number of benzene rings is 1. The molecule has 21 heavy (non-hydrogen) atoms. The van der Waals surface area contributed by atoms with Gasteiger partial charge in [0.05, 0.1) is 30.9 Å². The van der Waals surface area contributed by atoms with Gasteiger partial charge < -0.3 is 26.8 Å². The Balaban J connectivity index is 3.25. The van der Waals surface area contributed by atoms with E-state index >= 15 is 0 Å². The Bertz CT molecular complexity index is 543. The van der Waals surface area contributed by atoms with Crippen molar-refractivity contribution < 1.29 is 19.1 Å². The molecule has 8 heteroatoms. The van der Waals surface area contributed by atoms with E-state index in [1.807, 2.05) is 0 Å². The fourth-order valence-corrected chi connectivity index (χ4v) is 1.80. The third-order valence-corrected chi connectivity index (χ3v) is 2.55. The Morgan fingerprint density at radius 3 is 2.19 bits per heavy atom. The summed E-state index contributed by atoms with van der Waals surface area (Å²) in [4.78, 5) is 35.5. The molecule has 114 valence electrons. The van der Waals surface area contributed by atoms with Gasteiger partial charge in [0.25, 0.3) is 0 Å². The average Bonchev–Trinajstić information content (AvgIpc) is 2.37. The predicted molar refractivity (Wildman–Crippen MR) is 77.4 cm³/mol. The number of nitrogens with two attached hydrogens (primary N) is 3. The van der Waals surface area contributed by atoms with E-state index in [4.69, 9.17) is 21.9 Å². The van der Waals surface area contributed by atoms with Crippen LogP contribution in [-0.4, -0.2) is 37.5 Å². The van der Waals surface area contributed by atoms with Gasteiger partial charge in [-0.25, -0.2) is 4.79 Å². The Kier molecular flexibility index (Phi) is 5.53. The molecule has 0 unspecified atom stereocenters. The van der Waals surface area contributed by atoms with Crippen LogP contribution < -0.4 is 22.1 Å². The van der Waals surface area contributed by atoms with Crippen molar-refractivity contribution in [2.24, 2.45) is 11.5 Å². The second-order valence-corrected chi connectivity index (χ2v) is 4.29. The lowest BCUT2D eigenvalue weighted by atomic mass is 10.1. The third kappa shape index (κ3) is 4.68. The Hall–Kier alpha value is -2.77. The number of rotatable bonds is 7. The van der Waals surface area contributed by atoms with Gasteiger partial charge in [-0.2, -0.15) is 0 Å². The lowest BCUT2D eigenvalue weighted by molar-refractivity contribution is -0.117. The number of carbonyl (C=O) groups excluding carboxylic acids is 3. The van der Waals surface area contributed by atoms with E-state index in [9.17, 15) is 14.4 Å². The van der Waals surface area contributed by atoms with Crippen molar-refractivity contribution in [2.75, 3.05) is 30.3 Å². The number of esters is 1. The fraction of sp³-hybridized carbons (Fsp3) is 0.308. The highest BCUT2D eigenvalue weighted by molar-refractivity contribution is 5.98. The molecular formula is C13H18N4O4. The predicted octanol–water partition coefficient (Wildman–Crippen LogP) is -0.777. The smallest absolute Gasteiger partial charge is 0.340 e. The molecule has 0 aliphatic carbocycles. The van der Waals surface area contributed by atoms with Gasteiger partial charge in [-0.3, -0.25) is 9.59 Å². The number of amides is 2. The zero-order chi connectivity index (χ0) is 16.0. The highest BCUT2D eigenvalue weighted by Gasteiger charge is 2.20. The van der Waals surface area contributed by atoms with E-state index in [1.165, 1.54) is 23.1 Å².